The molecule has 0 aliphatic carbocycles. The molecule has 1 aromatic carbocycles. The van der Waals surface area contributed by atoms with Crippen LogP contribution in [0.5, 0.6) is 0 Å². The molecule has 0 saturated carbocycles. The number of aryl methyl sites for hydroxylation is 1. The molecule has 0 fully saturated rings. The van der Waals surface area contributed by atoms with Crippen LogP contribution in [0.4, 0.5) is 5.69 Å². The molecule has 3 N–H and O–H groups in total. The number of amides is 1. The Morgan fingerprint density at radius 1 is 1.44 bits per heavy atom. The summed E-state index contributed by atoms with van der Waals surface area (Å²) in [7, 11) is 0. The van der Waals surface area contributed by atoms with Crippen LogP contribution in [-0.2, 0) is 4.79 Å². The van der Waals surface area contributed by atoms with Crippen LogP contribution in [0.25, 0.3) is 0 Å². The first-order valence-electron chi connectivity index (χ1n) is 6.36. The summed E-state index contributed by atoms with van der Waals surface area (Å²) in [5.41, 5.74) is 4.19. The Labute approximate surface area is 107 Å². The maximum absolute atomic E-state index is 12.0. The average molecular weight is 248 g/mol. The van der Waals surface area contributed by atoms with Crippen molar-refractivity contribution >= 4 is 11.6 Å². The number of anilines is 1. The van der Waals surface area contributed by atoms with E-state index in [4.69, 9.17) is 0 Å². The van der Waals surface area contributed by atoms with Crippen LogP contribution in [0.15, 0.2) is 12.1 Å². The quantitative estimate of drug-likeness (QED) is 0.759. The summed E-state index contributed by atoms with van der Waals surface area (Å²) < 4.78 is 0. The number of aliphatic hydroxyl groups excluding tert-OH is 1. The highest BCUT2D eigenvalue weighted by Gasteiger charge is 2.32. The predicted molar refractivity (Wildman–Crippen MR) is 71.6 cm³/mol. The molecule has 0 saturated heterocycles. The number of rotatable bonds is 4. The minimum Gasteiger partial charge on any atom is -0.395 e. The first-order valence-corrected chi connectivity index (χ1v) is 6.36. The fraction of sp³-hybridized carbons (Fsp3) is 0.500. The Kier molecular flexibility index (Phi) is 3.68. The molecular formula is C14H20N2O2. The third kappa shape index (κ3) is 2.13. The van der Waals surface area contributed by atoms with E-state index < -0.39 is 0 Å². The number of hydrogen-bond acceptors (Lipinski definition) is 3. The van der Waals surface area contributed by atoms with Crippen LogP contribution in [0.3, 0.4) is 0 Å². The first kappa shape index (κ1) is 13.1. The molecule has 0 spiro atoms. The monoisotopic (exact) mass is 248 g/mol. The van der Waals surface area contributed by atoms with E-state index in [2.05, 4.69) is 10.6 Å². The number of nitrogens with one attached hydrogen (secondary N) is 2. The topological polar surface area (TPSA) is 61.4 Å². The highest BCUT2D eigenvalue weighted by Crippen LogP contribution is 2.35. The van der Waals surface area contributed by atoms with E-state index in [0.717, 1.165) is 23.2 Å². The Balaban J connectivity index is 2.31. The summed E-state index contributed by atoms with van der Waals surface area (Å²) in [4.78, 5) is 12.0. The van der Waals surface area contributed by atoms with Crippen molar-refractivity contribution in [2.24, 2.45) is 0 Å². The van der Waals surface area contributed by atoms with Crippen molar-refractivity contribution in [3.05, 3.63) is 28.8 Å². The van der Waals surface area contributed by atoms with Crippen molar-refractivity contribution in [3.63, 3.8) is 0 Å². The Morgan fingerprint density at radius 2 is 2.17 bits per heavy atom. The smallest absolute Gasteiger partial charge is 0.246 e. The third-order valence-electron chi connectivity index (χ3n) is 3.71. The number of fused-ring (bicyclic) bond motifs is 1. The zero-order chi connectivity index (χ0) is 13.3. The molecule has 18 heavy (non-hydrogen) atoms. The molecule has 0 bridgehead atoms. The minimum atomic E-state index is -0.351. The summed E-state index contributed by atoms with van der Waals surface area (Å²) in [5.74, 6) is -0.0365. The second kappa shape index (κ2) is 5.08. The number of benzene rings is 1. The molecule has 2 atom stereocenters. The molecule has 1 amide bonds. The van der Waals surface area contributed by atoms with Gasteiger partial charge >= 0.3 is 0 Å². The van der Waals surface area contributed by atoms with Gasteiger partial charge in [-0.25, -0.2) is 0 Å². The molecule has 4 heteroatoms. The van der Waals surface area contributed by atoms with Gasteiger partial charge in [-0.3, -0.25) is 10.1 Å². The van der Waals surface area contributed by atoms with Crippen molar-refractivity contribution in [3.8, 4) is 0 Å². The van der Waals surface area contributed by atoms with Gasteiger partial charge in [0.25, 0.3) is 0 Å². The molecule has 0 radical (unpaired) electrons. The average Bonchev–Trinajstić information content (AvgIpc) is 2.68. The fourth-order valence-corrected chi connectivity index (χ4v) is 2.28. The number of hydrogen-bond donors (Lipinski definition) is 3. The lowest BCUT2D eigenvalue weighted by atomic mass is 10.0. The summed E-state index contributed by atoms with van der Waals surface area (Å²) in [6.45, 7) is 6.08. The van der Waals surface area contributed by atoms with Gasteiger partial charge in [-0.15, -0.1) is 0 Å². The zero-order valence-corrected chi connectivity index (χ0v) is 11.1. The third-order valence-corrected chi connectivity index (χ3v) is 3.71. The first-order chi connectivity index (χ1) is 8.58. The van der Waals surface area contributed by atoms with Crippen molar-refractivity contribution in [1.29, 1.82) is 0 Å². The van der Waals surface area contributed by atoms with Crippen molar-refractivity contribution in [2.75, 3.05) is 11.9 Å². The van der Waals surface area contributed by atoms with E-state index in [-0.39, 0.29) is 24.6 Å². The van der Waals surface area contributed by atoms with Crippen molar-refractivity contribution in [1.82, 2.24) is 5.32 Å². The molecule has 1 heterocycles. The van der Waals surface area contributed by atoms with Gasteiger partial charge in [0, 0.05) is 17.3 Å². The van der Waals surface area contributed by atoms with Crippen LogP contribution in [0, 0.1) is 13.8 Å². The van der Waals surface area contributed by atoms with Crippen LogP contribution in [0.2, 0.25) is 0 Å². The van der Waals surface area contributed by atoms with E-state index >= 15 is 0 Å². The van der Waals surface area contributed by atoms with E-state index in [9.17, 15) is 9.90 Å². The standard InChI is InChI=1S/C14H20N2O2/c1-4-10(7-17)15-13-11-6-5-8(2)9(3)12(11)16-14(13)18/h5-6,10,13,15,17H,4,7H2,1-3H3,(H,16,18). The number of carbonyl (C=O) groups is 1. The van der Waals surface area contributed by atoms with Gasteiger partial charge < -0.3 is 10.4 Å². The molecule has 1 aliphatic heterocycles. The molecule has 1 aliphatic rings. The summed E-state index contributed by atoms with van der Waals surface area (Å²) in [6, 6.07) is 3.62. The van der Waals surface area contributed by atoms with E-state index in [1.165, 1.54) is 5.56 Å². The van der Waals surface area contributed by atoms with Gasteiger partial charge in [-0.2, -0.15) is 0 Å². The molecule has 1 aromatic rings. The molecular weight excluding hydrogens is 228 g/mol. The summed E-state index contributed by atoms with van der Waals surface area (Å²) in [5, 5.41) is 15.4. The Bertz CT molecular complexity index is 467. The lowest BCUT2D eigenvalue weighted by molar-refractivity contribution is -0.117. The van der Waals surface area contributed by atoms with Gasteiger partial charge in [0.15, 0.2) is 0 Å². The van der Waals surface area contributed by atoms with E-state index in [0.29, 0.717) is 0 Å². The largest absolute Gasteiger partial charge is 0.395 e. The van der Waals surface area contributed by atoms with Crippen molar-refractivity contribution in [2.45, 2.75) is 39.3 Å². The highest BCUT2D eigenvalue weighted by molar-refractivity contribution is 6.03. The fourth-order valence-electron chi connectivity index (χ4n) is 2.28. The van der Waals surface area contributed by atoms with Crippen molar-refractivity contribution < 1.29 is 9.90 Å². The maximum atomic E-state index is 12.0. The minimum absolute atomic E-state index is 0.0365. The van der Waals surface area contributed by atoms with Gasteiger partial charge in [-0.05, 0) is 31.4 Å². The van der Waals surface area contributed by atoms with Crippen LogP contribution in [0.1, 0.15) is 36.1 Å². The summed E-state index contributed by atoms with van der Waals surface area (Å²) in [6.07, 6.45) is 0.792. The van der Waals surface area contributed by atoms with Crippen LogP contribution >= 0.6 is 0 Å². The molecule has 2 rings (SSSR count). The van der Waals surface area contributed by atoms with Crippen LogP contribution < -0.4 is 10.6 Å². The second-order valence-corrected chi connectivity index (χ2v) is 4.85. The zero-order valence-electron chi connectivity index (χ0n) is 11.1. The lowest BCUT2D eigenvalue weighted by Crippen LogP contribution is -2.38. The predicted octanol–water partition coefficient (Wildman–Crippen LogP) is 1.66. The molecule has 2 unspecified atom stereocenters. The SMILES string of the molecule is CCC(CO)NC1C(=O)Nc2c1ccc(C)c2C. The summed E-state index contributed by atoms with van der Waals surface area (Å²) >= 11 is 0. The Morgan fingerprint density at radius 3 is 2.78 bits per heavy atom. The molecule has 4 nitrogen and oxygen atoms in total. The normalized spacial score (nSPS) is 19.6. The van der Waals surface area contributed by atoms with E-state index in [1.807, 2.05) is 32.9 Å². The molecule has 98 valence electrons. The van der Waals surface area contributed by atoms with Gasteiger partial charge in [0.1, 0.15) is 6.04 Å². The van der Waals surface area contributed by atoms with Gasteiger partial charge in [0.2, 0.25) is 5.91 Å². The lowest BCUT2D eigenvalue weighted by Gasteiger charge is -2.19. The van der Waals surface area contributed by atoms with E-state index in [1.54, 1.807) is 0 Å². The van der Waals surface area contributed by atoms with Gasteiger partial charge in [-0.1, -0.05) is 19.1 Å². The number of carbonyl (C=O) groups excluding carboxylic acids is 1. The molecule has 0 aromatic heterocycles. The van der Waals surface area contributed by atoms with Crippen LogP contribution in [-0.4, -0.2) is 23.7 Å². The number of aliphatic hydroxyl groups is 1. The Hall–Kier alpha value is -1.39. The second-order valence-electron chi connectivity index (χ2n) is 4.85. The highest BCUT2D eigenvalue weighted by atomic mass is 16.3. The van der Waals surface area contributed by atoms with Gasteiger partial charge in [0.05, 0.1) is 6.61 Å². The maximum Gasteiger partial charge on any atom is 0.246 e.